The van der Waals surface area contributed by atoms with Crippen molar-refractivity contribution in [1.29, 1.82) is 0 Å². The lowest BCUT2D eigenvalue weighted by Crippen LogP contribution is -1.98. The van der Waals surface area contributed by atoms with Crippen LogP contribution < -0.4 is 0 Å². The molecule has 0 saturated heterocycles. The summed E-state index contributed by atoms with van der Waals surface area (Å²) >= 11 is 0. The normalized spacial score (nSPS) is 13.8. The molecule has 0 rings (SSSR count). The number of rotatable bonds is 11. The fourth-order valence-corrected chi connectivity index (χ4v) is 1.52. The molecule has 108 valence electrons. The molecule has 0 spiro atoms. The molecule has 19 heavy (non-hydrogen) atoms. The Morgan fingerprint density at radius 3 is 2.58 bits per heavy atom. The van der Waals surface area contributed by atoms with E-state index in [1.165, 1.54) is 19.3 Å². The lowest BCUT2D eigenvalue weighted by atomic mass is 10.1. The maximum atomic E-state index is 10.3. The van der Waals surface area contributed by atoms with Crippen molar-refractivity contribution in [1.82, 2.24) is 0 Å². The van der Waals surface area contributed by atoms with Crippen molar-refractivity contribution in [3.8, 4) is 0 Å². The zero-order valence-corrected chi connectivity index (χ0v) is 11.8. The monoisotopic (exact) mass is 266 g/mol. The van der Waals surface area contributed by atoms with E-state index in [0.717, 1.165) is 6.42 Å². The van der Waals surface area contributed by atoms with E-state index < -0.39 is 12.1 Å². The van der Waals surface area contributed by atoms with Gasteiger partial charge in [0.25, 0.3) is 0 Å². The molecule has 3 nitrogen and oxygen atoms in total. The average Bonchev–Trinajstić information content (AvgIpc) is 2.37. The van der Waals surface area contributed by atoms with E-state index in [1.807, 2.05) is 6.08 Å². The van der Waals surface area contributed by atoms with Crippen molar-refractivity contribution in [2.24, 2.45) is 0 Å². The minimum atomic E-state index is -0.790. The predicted octanol–water partition coefficient (Wildman–Crippen LogP) is 3.85. The molecular weight excluding hydrogens is 240 g/mol. The topological polar surface area (TPSA) is 57.5 Å². The van der Waals surface area contributed by atoms with Crippen molar-refractivity contribution in [3.05, 3.63) is 36.5 Å². The van der Waals surface area contributed by atoms with Crippen LogP contribution in [0, 0.1) is 0 Å². The first-order valence-electron chi connectivity index (χ1n) is 7.05. The van der Waals surface area contributed by atoms with Gasteiger partial charge in [-0.3, -0.25) is 4.79 Å². The second kappa shape index (κ2) is 13.1. The summed E-state index contributed by atoms with van der Waals surface area (Å²) in [4.78, 5) is 10.3. The third-order valence-electron chi connectivity index (χ3n) is 2.62. The maximum Gasteiger partial charge on any atom is 0.303 e. The fraction of sp³-hybridized carbons (Fsp3) is 0.562. The van der Waals surface area contributed by atoms with Crippen LogP contribution in [0.4, 0.5) is 0 Å². The van der Waals surface area contributed by atoms with Gasteiger partial charge in [0.15, 0.2) is 0 Å². The molecule has 0 aliphatic rings. The summed E-state index contributed by atoms with van der Waals surface area (Å²) in [5.74, 6) is -0.790. The Hall–Kier alpha value is -1.35. The highest BCUT2D eigenvalue weighted by Crippen LogP contribution is 2.02. The zero-order chi connectivity index (χ0) is 14.3. The minimum absolute atomic E-state index is 0.146. The standard InChI is InChI=1S/C16H26O3/c1-2-3-4-5-6-9-12-15(17)13-10-7-8-11-14-16(18)19/h6-10,13,15,17H,2-5,11-12,14H2,1H3,(H,18,19)/b8-7-,9-6-,13-10+/t15-/m1/s1. The van der Waals surface area contributed by atoms with Crippen LogP contribution in [0.5, 0.6) is 0 Å². The second-order valence-corrected chi connectivity index (χ2v) is 4.52. The second-order valence-electron chi connectivity index (χ2n) is 4.52. The molecule has 0 radical (unpaired) electrons. The lowest BCUT2D eigenvalue weighted by molar-refractivity contribution is -0.136. The highest BCUT2D eigenvalue weighted by atomic mass is 16.4. The van der Waals surface area contributed by atoms with Gasteiger partial charge in [-0.05, 0) is 25.7 Å². The molecule has 0 bridgehead atoms. The van der Waals surface area contributed by atoms with Crippen LogP contribution >= 0.6 is 0 Å². The number of aliphatic hydroxyl groups excluding tert-OH is 1. The van der Waals surface area contributed by atoms with E-state index in [-0.39, 0.29) is 6.42 Å². The van der Waals surface area contributed by atoms with Crippen molar-refractivity contribution in [2.45, 2.75) is 58.0 Å². The highest BCUT2D eigenvalue weighted by Gasteiger charge is 1.93. The molecule has 0 amide bonds. The summed E-state index contributed by atoms with van der Waals surface area (Å²) in [6, 6.07) is 0. The zero-order valence-electron chi connectivity index (χ0n) is 11.8. The molecule has 0 aromatic carbocycles. The van der Waals surface area contributed by atoms with E-state index in [4.69, 9.17) is 5.11 Å². The first kappa shape index (κ1) is 17.6. The minimum Gasteiger partial charge on any atom is -0.481 e. The molecule has 0 aromatic rings. The summed E-state index contributed by atoms with van der Waals surface area (Å²) < 4.78 is 0. The Kier molecular flexibility index (Phi) is 12.2. The van der Waals surface area contributed by atoms with Gasteiger partial charge in [-0.15, -0.1) is 0 Å². The fourth-order valence-electron chi connectivity index (χ4n) is 1.52. The number of unbranched alkanes of at least 4 members (excludes halogenated alkanes) is 3. The molecule has 0 fully saturated rings. The first-order valence-corrected chi connectivity index (χ1v) is 7.05. The van der Waals surface area contributed by atoms with Crippen LogP contribution in [0.15, 0.2) is 36.5 Å². The largest absolute Gasteiger partial charge is 0.481 e. The van der Waals surface area contributed by atoms with E-state index >= 15 is 0 Å². The Morgan fingerprint density at radius 2 is 1.89 bits per heavy atom. The number of carbonyl (C=O) groups is 1. The predicted molar refractivity (Wildman–Crippen MR) is 79.1 cm³/mol. The van der Waals surface area contributed by atoms with Crippen LogP contribution in [0.2, 0.25) is 0 Å². The van der Waals surface area contributed by atoms with Gasteiger partial charge in [0, 0.05) is 6.42 Å². The van der Waals surface area contributed by atoms with Gasteiger partial charge in [0.1, 0.15) is 0 Å². The number of allylic oxidation sites excluding steroid dienone is 4. The number of hydrogen-bond donors (Lipinski definition) is 2. The van der Waals surface area contributed by atoms with Crippen molar-refractivity contribution >= 4 is 5.97 Å². The van der Waals surface area contributed by atoms with Gasteiger partial charge in [-0.2, -0.15) is 0 Å². The molecule has 2 N–H and O–H groups in total. The molecule has 3 heteroatoms. The smallest absolute Gasteiger partial charge is 0.303 e. The quantitative estimate of drug-likeness (QED) is 0.339. The Balaban J connectivity index is 3.61. The van der Waals surface area contributed by atoms with Crippen molar-refractivity contribution in [2.75, 3.05) is 0 Å². The number of carboxylic acids is 1. The van der Waals surface area contributed by atoms with Gasteiger partial charge in [0.05, 0.1) is 6.10 Å². The Labute approximate surface area is 116 Å². The van der Waals surface area contributed by atoms with Gasteiger partial charge < -0.3 is 10.2 Å². The third kappa shape index (κ3) is 14.6. The molecule has 1 atom stereocenters. The molecule has 0 aliphatic carbocycles. The van der Waals surface area contributed by atoms with Crippen LogP contribution in [0.1, 0.15) is 51.9 Å². The number of aliphatic carboxylic acids is 1. The van der Waals surface area contributed by atoms with Crippen LogP contribution in [-0.4, -0.2) is 22.3 Å². The number of aliphatic hydroxyl groups is 1. The molecule has 0 aromatic heterocycles. The average molecular weight is 266 g/mol. The van der Waals surface area contributed by atoms with E-state index in [1.54, 1.807) is 24.3 Å². The molecule has 0 unspecified atom stereocenters. The van der Waals surface area contributed by atoms with Gasteiger partial charge >= 0.3 is 5.97 Å². The Morgan fingerprint density at radius 1 is 1.11 bits per heavy atom. The lowest BCUT2D eigenvalue weighted by Gasteiger charge is -1.99. The number of hydrogen-bond acceptors (Lipinski definition) is 2. The van der Waals surface area contributed by atoms with E-state index in [2.05, 4.69) is 13.0 Å². The van der Waals surface area contributed by atoms with Gasteiger partial charge in [-0.25, -0.2) is 0 Å². The summed E-state index contributed by atoms with van der Waals surface area (Å²) in [7, 11) is 0. The third-order valence-corrected chi connectivity index (χ3v) is 2.62. The van der Waals surface area contributed by atoms with Gasteiger partial charge in [0.2, 0.25) is 0 Å². The van der Waals surface area contributed by atoms with Gasteiger partial charge in [-0.1, -0.05) is 56.2 Å². The Bertz CT molecular complexity index is 303. The van der Waals surface area contributed by atoms with E-state index in [9.17, 15) is 9.90 Å². The van der Waals surface area contributed by atoms with Crippen molar-refractivity contribution < 1.29 is 15.0 Å². The molecule has 0 heterocycles. The number of carboxylic acid groups (broad SMARTS) is 1. The molecular formula is C16H26O3. The maximum absolute atomic E-state index is 10.3. The molecule has 0 saturated carbocycles. The molecule has 0 aliphatic heterocycles. The van der Waals surface area contributed by atoms with E-state index in [0.29, 0.717) is 12.8 Å². The SMILES string of the molecule is CCCCC/C=C\C[C@@H](O)/C=C/C=C\CCC(=O)O. The summed E-state index contributed by atoms with van der Waals surface area (Å²) in [5, 5.41) is 18.1. The highest BCUT2D eigenvalue weighted by molar-refractivity contribution is 5.66. The first-order chi connectivity index (χ1) is 9.16. The summed E-state index contributed by atoms with van der Waals surface area (Å²) in [5.41, 5.74) is 0. The summed E-state index contributed by atoms with van der Waals surface area (Å²) in [6.45, 7) is 2.18. The van der Waals surface area contributed by atoms with Crippen LogP contribution in [-0.2, 0) is 4.79 Å². The summed E-state index contributed by atoms with van der Waals surface area (Å²) in [6.07, 6.45) is 16.8. The van der Waals surface area contributed by atoms with Crippen molar-refractivity contribution in [3.63, 3.8) is 0 Å². The van der Waals surface area contributed by atoms with Crippen LogP contribution in [0.3, 0.4) is 0 Å². The van der Waals surface area contributed by atoms with Crippen LogP contribution in [0.25, 0.3) is 0 Å².